The third-order valence-electron chi connectivity index (χ3n) is 5.48. The summed E-state index contributed by atoms with van der Waals surface area (Å²) in [5.41, 5.74) is 1.26. The van der Waals surface area contributed by atoms with Crippen molar-refractivity contribution in [3.63, 3.8) is 0 Å². The van der Waals surface area contributed by atoms with Crippen LogP contribution in [0.25, 0.3) is 11.0 Å². The Balaban J connectivity index is 1.65. The van der Waals surface area contributed by atoms with Gasteiger partial charge in [-0.3, -0.25) is 4.79 Å². The van der Waals surface area contributed by atoms with Gasteiger partial charge in [-0.1, -0.05) is 23.2 Å². The number of aliphatic hydroxyl groups is 2. The fourth-order valence-corrected chi connectivity index (χ4v) is 4.20. The highest BCUT2D eigenvalue weighted by Gasteiger charge is 2.48. The fourth-order valence-electron chi connectivity index (χ4n) is 3.82. The molecule has 0 amide bonds. The van der Waals surface area contributed by atoms with Gasteiger partial charge in [-0.05, 0) is 29.8 Å². The van der Waals surface area contributed by atoms with Gasteiger partial charge in [-0.2, -0.15) is 0 Å². The zero-order valence-corrected chi connectivity index (χ0v) is 18.7. The van der Waals surface area contributed by atoms with E-state index in [-0.39, 0.29) is 17.1 Å². The van der Waals surface area contributed by atoms with E-state index in [2.05, 4.69) is 9.97 Å². The number of fused-ring (bicyclic) bond motifs is 1. The number of aromatic nitrogens is 3. The second kappa shape index (κ2) is 9.40. The van der Waals surface area contributed by atoms with E-state index in [4.69, 9.17) is 37.4 Å². The Morgan fingerprint density at radius 3 is 2.66 bits per heavy atom. The molecular formula is C21H21Cl2N3O6. The van der Waals surface area contributed by atoms with Gasteiger partial charge in [0, 0.05) is 37.4 Å². The van der Waals surface area contributed by atoms with E-state index in [1.54, 1.807) is 30.5 Å². The summed E-state index contributed by atoms with van der Waals surface area (Å²) in [5, 5.41) is 22.6. The van der Waals surface area contributed by atoms with Gasteiger partial charge >= 0.3 is 0 Å². The highest BCUT2D eigenvalue weighted by Crippen LogP contribution is 2.35. The first-order valence-electron chi connectivity index (χ1n) is 9.72. The molecule has 11 heteroatoms. The first-order chi connectivity index (χ1) is 15.3. The second-order valence-electron chi connectivity index (χ2n) is 7.32. The number of ketones is 1. The number of ether oxygens (including phenoxy) is 3. The van der Waals surface area contributed by atoms with Gasteiger partial charge in [0.25, 0.3) is 0 Å². The van der Waals surface area contributed by atoms with Crippen molar-refractivity contribution in [2.24, 2.45) is 0 Å². The Bertz CT molecular complexity index is 1140. The van der Waals surface area contributed by atoms with E-state index in [1.807, 2.05) is 0 Å². The Morgan fingerprint density at radius 2 is 1.94 bits per heavy atom. The molecule has 2 N–H and O–H groups in total. The van der Waals surface area contributed by atoms with Crippen molar-refractivity contribution in [2.75, 3.05) is 14.2 Å². The molecule has 4 atom stereocenters. The zero-order valence-electron chi connectivity index (χ0n) is 17.2. The summed E-state index contributed by atoms with van der Waals surface area (Å²) < 4.78 is 17.8. The predicted molar refractivity (Wildman–Crippen MR) is 116 cm³/mol. The first kappa shape index (κ1) is 23.1. The summed E-state index contributed by atoms with van der Waals surface area (Å²) in [7, 11) is 2.98. The first-order valence-corrected chi connectivity index (χ1v) is 10.5. The van der Waals surface area contributed by atoms with Gasteiger partial charge in [-0.15, -0.1) is 0 Å². The van der Waals surface area contributed by atoms with Gasteiger partial charge in [0.1, 0.15) is 29.3 Å². The van der Waals surface area contributed by atoms with Crippen LogP contribution in [0.4, 0.5) is 0 Å². The molecule has 0 bridgehead atoms. The number of carbonyl (C=O) groups excluding carboxylic acids is 1. The van der Waals surface area contributed by atoms with Crippen LogP contribution in [-0.4, -0.2) is 69.4 Å². The SMILES string of the molecule is COC(Cc1cc(Cl)ccc1C(=O)[C@H]1O[C@@H](n2ccc3c(Cl)ncnc32)[C@H](O)[C@@H]1O)OC. The number of methoxy groups -OCH3 is 2. The number of aliphatic hydroxyl groups excluding tert-OH is 2. The quantitative estimate of drug-likeness (QED) is 0.300. The Hall–Kier alpha value is -2.11. The summed E-state index contributed by atoms with van der Waals surface area (Å²) in [6.07, 6.45) is -2.67. The molecule has 32 heavy (non-hydrogen) atoms. The average molecular weight is 482 g/mol. The van der Waals surface area contributed by atoms with Crippen LogP contribution in [0.5, 0.6) is 0 Å². The predicted octanol–water partition coefficient (Wildman–Crippen LogP) is 2.40. The molecule has 2 aromatic heterocycles. The van der Waals surface area contributed by atoms with Gasteiger partial charge in [0.15, 0.2) is 24.4 Å². The second-order valence-corrected chi connectivity index (χ2v) is 8.12. The number of carbonyl (C=O) groups is 1. The van der Waals surface area contributed by atoms with E-state index < -0.39 is 36.6 Å². The minimum absolute atomic E-state index is 0.242. The minimum atomic E-state index is -1.47. The van der Waals surface area contributed by atoms with E-state index in [0.29, 0.717) is 21.6 Å². The third-order valence-corrected chi connectivity index (χ3v) is 6.01. The molecular weight excluding hydrogens is 461 g/mol. The number of nitrogens with zero attached hydrogens (tertiary/aromatic N) is 3. The van der Waals surface area contributed by atoms with Crippen LogP contribution in [-0.2, 0) is 20.6 Å². The van der Waals surface area contributed by atoms with E-state index >= 15 is 0 Å². The average Bonchev–Trinajstić information content (AvgIpc) is 3.34. The lowest BCUT2D eigenvalue weighted by Crippen LogP contribution is -2.36. The highest BCUT2D eigenvalue weighted by molar-refractivity contribution is 6.33. The van der Waals surface area contributed by atoms with Crippen LogP contribution >= 0.6 is 23.2 Å². The Kier molecular flexibility index (Phi) is 6.78. The maximum Gasteiger partial charge on any atom is 0.194 e. The van der Waals surface area contributed by atoms with Gasteiger partial charge in [0.05, 0.1) is 5.39 Å². The molecule has 0 saturated carbocycles. The number of Topliss-reactive ketones (excluding diaryl/α,β-unsaturated/α-hetero) is 1. The van der Waals surface area contributed by atoms with Crippen molar-refractivity contribution in [3.8, 4) is 0 Å². The normalized spacial score (nSPS) is 23.3. The van der Waals surface area contributed by atoms with Crippen molar-refractivity contribution in [1.29, 1.82) is 0 Å². The van der Waals surface area contributed by atoms with Crippen molar-refractivity contribution in [1.82, 2.24) is 14.5 Å². The molecule has 0 radical (unpaired) electrons. The topological polar surface area (TPSA) is 116 Å². The Morgan fingerprint density at radius 1 is 1.19 bits per heavy atom. The number of benzene rings is 1. The van der Waals surface area contributed by atoms with Crippen molar-refractivity contribution in [3.05, 3.63) is 58.1 Å². The highest BCUT2D eigenvalue weighted by atomic mass is 35.5. The Labute approximate surface area is 193 Å². The van der Waals surface area contributed by atoms with Crippen LogP contribution < -0.4 is 0 Å². The number of hydrogen-bond donors (Lipinski definition) is 2. The van der Waals surface area contributed by atoms with Gasteiger partial charge < -0.3 is 29.0 Å². The minimum Gasteiger partial charge on any atom is -0.387 e. The van der Waals surface area contributed by atoms with Crippen LogP contribution in [0, 0.1) is 0 Å². The van der Waals surface area contributed by atoms with Crippen LogP contribution in [0.1, 0.15) is 22.1 Å². The number of halogens is 2. The van der Waals surface area contributed by atoms with Crippen LogP contribution in [0.15, 0.2) is 36.8 Å². The maximum absolute atomic E-state index is 13.3. The largest absolute Gasteiger partial charge is 0.387 e. The molecule has 3 aromatic rings. The molecule has 9 nitrogen and oxygen atoms in total. The van der Waals surface area contributed by atoms with E-state index in [9.17, 15) is 15.0 Å². The summed E-state index contributed by atoms with van der Waals surface area (Å²) >= 11 is 12.2. The van der Waals surface area contributed by atoms with Crippen LogP contribution in [0.3, 0.4) is 0 Å². The monoisotopic (exact) mass is 481 g/mol. The lowest BCUT2D eigenvalue weighted by Gasteiger charge is -2.19. The molecule has 170 valence electrons. The van der Waals surface area contributed by atoms with Gasteiger partial charge in [0.2, 0.25) is 0 Å². The summed E-state index contributed by atoms with van der Waals surface area (Å²) in [5.74, 6) is -0.499. The molecule has 0 unspecified atom stereocenters. The maximum atomic E-state index is 13.3. The third kappa shape index (κ3) is 4.13. The number of rotatable bonds is 7. The van der Waals surface area contributed by atoms with Crippen molar-refractivity contribution in [2.45, 2.75) is 37.3 Å². The summed E-state index contributed by atoms with van der Waals surface area (Å²) in [4.78, 5) is 21.4. The molecule has 3 heterocycles. The molecule has 1 aliphatic heterocycles. The summed E-state index contributed by atoms with van der Waals surface area (Å²) in [6, 6.07) is 6.42. The fraction of sp³-hybridized carbons (Fsp3) is 0.381. The standard InChI is InChI=1S/C21H21Cl2N3O6/c1-30-14(31-2)8-10-7-11(22)3-4-12(10)15(27)18-16(28)17(29)21(32-18)26-6-5-13-19(23)24-9-25-20(13)26/h3-7,9,14,16-18,21,28-29H,8H2,1-2H3/t16-,17+,18+,21+/m0/s1. The number of hydrogen-bond acceptors (Lipinski definition) is 8. The molecule has 0 spiro atoms. The van der Waals surface area contributed by atoms with Crippen molar-refractivity contribution < 1.29 is 29.2 Å². The smallest absolute Gasteiger partial charge is 0.194 e. The zero-order chi connectivity index (χ0) is 23.0. The molecule has 1 fully saturated rings. The molecule has 0 aliphatic carbocycles. The molecule has 1 aliphatic rings. The lowest BCUT2D eigenvalue weighted by molar-refractivity contribution is -0.100. The van der Waals surface area contributed by atoms with Gasteiger partial charge in [-0.25, -0.2) is 9.97 Å². The van der Waals surface area contributed by atoms with Crippen LogP contribution in [0.2, 0.25) is 10.2 Å². The molecule has 4 rings (SSSR count). The lowest BCUT2D eigenvalue weighted by atomic mass is 9.95. The molecule has 1 aromatic carbocycles. The van der Waals surface area contributed by atoms with E-state index in [1.165, 1.54) is 25.1 Å². The van der Waals surface area contributed by atoms with Crippen molar-refractivity contribution >= 4 is 40.0 Å². The molecule has 1 saturated heterocycles. The van der Waals surface area contributed by atoms with E-state index in [0.717, 1.165) is 0 Å². The summed E-state index contributed by atoms with van der Waals surface area (Å²) in [6.45, 7) is 0.